The summed E-state index contributed by atoms with van der Waals surface area (Å²) < 4.78 is 27.7. The quantitative estimate of drug-likeness (QED) is 0.711. The van der Waals surface area contributed by atoms with Crippen molar-refractivity contribution in [3.63, 3.8) is 0 Å². The van der Waals surface area contributed by atoms with E-state index in [1.165, 1.54) is 0 Å². The number of sulfonamides is 1. The van der Waals surface area contributed by atoms with Crippen molar-refractivity contribution in [1.29, 1.82) is 0 Å². The molecule has 2 fully saturated rings. The molecule has 7 nitrogen and oxygen atoms in total. The number of piperidine rings is 1. The van der Waals surface area contributed by atoms with E-state index in [0.717, 1.165) is 50.0 Å². The maximum Gasteiger partial charge on any atom is 0.254 e. The predicted molar refractivity (Wildman–Crippen MR) is 119 cm³/mol. The number of carbonyl (C=O) groups excluding carboxylic acids is 1. The Morgan fingerprint density at radius 3 is 2.42 bits per heavy atom. The molecule has 0 bridgehead atoms. The van der Waals surface area contributed by atoms with Crippen LogP contribution >= 0.6 is 0 Å². The van der Waals surface area contributed by atoms with Crippen LogP contribution < -0.4 is 0 Å². The first-order valence-corrected chi connectivity index (χ1v) is 12.4. The van der Waals surface area contributed by atoms with Gasteiger partial charge in [0.25, 0.3) is 5.91 Å². The van der Waals surface area contributed by atoms with Crippen LogP contribution in [0.25, 0.3) is 0 Å². The van der Waals surface area contributed by atoms with Crippen molar-refractivity contribution in [2.75, 3.05) is 39.3 Å². The number of piperazine rings is 1. The zero-order valence-electron chi connectivity index (χ0n) is 18.0. The summed E-state index contributed by atoms with van der Waals surface area (Å²) in [5.74, 6) is -0.0887. The molecular weight excluding hydrogens is 412 g/mol. The molecule has 0 saturated carbocycles. The molecular formula is C23H30N4O3S. The van der Waals surface area contributed by atoms with Crippen LogP contribution in [0.15, 0.2) is 47.6 Å². The van der Waals surface area contributed by atoms with E-state index in [1.807, 2.05) is 24.1 Å². The van der Waals surface area contributed by atoms with E-state index >= 15 is 0 Å². The lowest BCUT2D eigenvalue weighted by atomic mass is 10.1. The van der Waals surface area contributed by atoms with Crippen LogP contribution in [0.2, 0.25) is 0 Å². The maximum absolute atomic E-state index is 13.2. The fourth-order valence-electron chi connectivity index (χ4n) is 4.28. The highest BCUT2D eigenvalue weighted by Crippen LogP contribution is 2.24. The SMILES string of the molecule is Cc1ccc(S(=O)(=O)N2CCCCC2)cc1C(=O)N1CCN(Cc2cccnc2)CC1. The number of hydrogen-bond acceptors (Lipinski definition) is 5. The Morgan fingerprint density at radius 2 is 1.74 bits per heavy atom. The van der Waals surface area contributed by atoms with Gasteiger partial charge in [0.2, 0.25) is 10.0 Å². The monoisotopic (exact) mass is 442 g/mol. The number of aryl methyl sites for hydroxylation is 1. The van der Waals surface area contributed by atoms with Gasteiger partial charge in [-0.05, 0) is 49.1 Å². The molecule has 0 aliphatic carbocycles. The average molecular weight is 443 g/mol. The number of amides is 1. The number of rotatable bonds is 5. The minimum absolute atomic E-state index is 0.0887. The number of hydrogen-bond donors (Lipinski definition) is 0. The molecule has 2 aliphatic rings. The van der Waals surface area contributed by atoms with Crippen molar-refractivity contribution in [1.82, 2.24) is 19.1 Å². The highest BCUT2D eigenvalue weighted by Gasteiger charge is 2.28. The fourth-order valence-corrected chi connectivity index (χ4v) is 5.82. The summed E-state index contributed by atoms with van der Waals surface area (Å²) in [4.78, 5) is 21.8. The van der Waals surface area contributed by atoms with Crippen molar-refractivity contribution in [2.45, 2.75) is 37.6 Å². The molecule has 1 aromatic carbocycles. The molecule has 2 saturated heterocycles. The maximum atomic E-state index is 13.2. The minimum Gasteiger partial charge on any atom is -0.336 e. The predicted octanol–water partition coefficient (Wildman–Crippen LogP) is 2.52. The summed E-state index contributed by atoms with van der Waals surface area (Å²) >= 11 is 0. The van der Waals surface area contributed by atoms with E-state index in [2.05, 4.69) is 16.0 Å². The second-order valence-corrected chi connectivity index (χ2v) is 10.3. The average Bonchev–Trinajstić information content (AvgIpc) is 2.80. The van der Waals surface area contributed by atoms with E-state index in [-0.39, 0.29) is 10.8 Å². The molecule has 1 amide bonds. The molecule has 166 valence electrons. The van der Waals surface area contributed by atoms with Crippen LogP contribution in [-0.2, 0) is 16.6 Å². The smallest absolute Gasteiger partial charge is 0.254 e. The van der Waals surface area contributed by atoms with Crippen LogP contribution in [0.3, 0.4) is 0 Å². The van der Waals surface area contributed by atoms with Crippen molar-refractivity contribution >= 4 is 15.9 Å². The Bertz CT molecular complexity index is 1010. The summed E-state index contributed by atoms with van der Waals surface area (Å²) in [6.45, 7) is 6.61. The molecule has 0 unspecified atom stereocenters. The van der Waals surface area contributed by atoms with Gasteiger partial charge in [0, 0.05) is 63.8 Å². The Morgan fingerprint density at radius 1 is 1.00 bits per heavy atom. The van der Waals surface area contributed by atoms with E-state index < -0.39 is 10.0 Å². The van der Waals surface area contributed by atoms with E-state index in [9.17, 15) is 13.2 Å². The molecule has 1 aromatic heterocycles. The van der Waals surface area contributed by atoms with Crippen LogP contribution in [0.5, 0.6) is 0 Å². The first-order valence-electron chi connectivity index (χ1n) is 11.0. The fraction of sp³-hybridized carbons (Fsp3) is 0.478. The zero-order chi connectivity index (χ0) is 21.8. The van der Waals surface area contributed by atoms with Gasteiger partial charge >= 0.3 is 0 Å². The van der Waals surface area contributed by atoms with Gasteiger partial charge in [-0.25, -0.2) is 8.42 Å². The van der Waals surface area contributed by atoms with E-state index in [1.54, 1.807) is 28.7 Å². The highest BCUT2D eigenvalue weighted by atomic mass is 32.2. The number of benzene rings is 1. The van der Waals surface area contributed by atoms with E-state index in [4.69, 9.17) is 0 Å². The Hall–Kier alpha value is -2.29. The summed E-state index contributed by atoms with van der Waals surface area (Å²) in [7, 11) is -3.56. The van der Waals surface area contributed by atoms with Crippen molar-refractivity contribution in [2.24, 2.45) is 0 Å². The standard InChI is InChI=1S/C23H30N4O3S/c1-19-7-8-21(31(29,30)27-10-3-2-4-11-27)16-22(19)23(28)26-14-12-25(13-15-26)18-20-6-5-9-24-17-20/h5-9,16-17H,2-4,10-15,18H2,1H3. The van der Waals surface area contributed by atoms with Gasteiger partial charge in [0.1, 0.15) is 0 Å². The molecule has 0 atom stereocenters. The van der Waals surface area contributed by atoms with Gasteiger partial charge in [-0.3, -0.25) is 14.7 Å². The second-order valence-electron chi connectivity index (χ2n) is 8.37. The minimum atomic E-state index is -3.56. The number of nitrogens with zero attached hydrogens (tertiary/aromatic N) is 4. The molecule has 3 heterocycles. The topological polar surface area (TPSA) is 73.8 Å². The van der Waals surface area contributed by atoms with E-state index in [0.29, 0.717) is 31.7 Å². The van der Waals surface area contributed by atoms with Crippen LogP contribution in [0.1, 0.15) is 40.7 Å². The Kier molecular flexibility index (Phi) is 6.69. The lowest BCUT2D eigenvalue weighted by molar-refractivity contribution is 0.0627. The first-order chi connectivity index (χ1) is 14.9. The zero-order valence-corrected chi connectivity index (χ0v) is 18.9. The summed E-state index contributed by atoms with van der Waals surface area (Å²) in [6, 6.07) is 8.94. The molecule has 4 rings (SSSR count). The van der Waals surface area contributed by atoms with Gasteiger partial charge < -0.3 is 4.90 Å². The molecule has 0 N–H and O–H groups in total. The molecule has 2 aromatic rings. The summed E-state index contributed by atoms with van der Waals surface area (Å²) in [5, 5.41) is 0. The third kappa shape index (κ3) is 4.97. The first kappa shape index (κ1) is 21.9. The normalized spacial score (nSPS) is 18.8. The van der Waals surface area contributed by atoms with Crippen molar-refractivity contribution in [3.05, 3.63) is 59.4 Å². The lowest BCUT2D eigenvalue weighted by Gasteiger charge is -2.35. The van der Waals surface area contributed by atoms with Gasteiger partial charge in [-0.1, -0.05) is 18.6 Å². The second kappa shape index (κ2) is 9.46. The largest absolute Gasteiger partial charge is 0.336 e. The Balaban J connectivity index is 1.44. The third-order valence-corrected chi connectivity index (χ3v) is 8.08. The van der Waals surface area contributed by atoms with Gasteiger partial charge in [-0.2, -0.15) is 4.31 Å². The van der Waals surface area contributed by atoms with Crippen molar-refractivity contribution < 1.29 is 13.2 Å². The highest BCUT2D eigenvalue weighted by molar-refractivity contribution is 7.89. The number of carbonyl (C=O) groups is 1. The summed E-state index contributed by atoms with van der Waals surface area (Å²) in [6.07, 6.45) is 6.48. The van der Waals surface area contributed by atoms with Crippen LogP contribution in [0.4, 0.5) is 0 Å². The van der Waals surface area contributed by atoms with Crippen molar-refractivity contribution in [3.8, 4) is 0 Å². The van der Waals surface area contributed by atoms with Gasteiger partial charge in [-0.15, -0.1) is 0 Å². The number of pyridine rings is 1. The van der Waals surface area contributed by atoms with Gasteiger partial charge in [0.15, 0.2) is 0 Å². The molecule has 2 aliphatic heterocycles. The Labute approximate surface area is 184 Å². The number of aromatic nitrogens is 1. The molecule has 0 radical (unpaired) electrons. The molecule has 8 heteroatoms. The van der Waals surface area contributed by atoms with Gasteiger partial charge in [0.05, 0.1) is 4.90 Å². The lowest BCUT2D eigenvalue weighted by Crippen LogP contribution is -2.48. The molecule has 31 heavy (non-hydrogen) atoms. The van der Waals surface area contributed by atoms with Crippen LogP contribution in [0, 0.1) is 6.92 Å². The third-order valence-electron chi connectivity index (χ3n) is 6.18. The van der Waals surface area contributed by atoms with Crippen LogP contribution in [-0.4, -0.2) is 72.7 Å². The summed E-state index contributed by atoms with van der Waals surface area (Å²) in [5.41, 5.74) is 2.45. The molecule has 0 spiro atoms.